The Hall–Kier alpha value is -2.92. The maximum absolute atomic E-state index is 13.6. The van der Waals surface area contributed by atoms with E-state index in [1.54, 1.807) is 16.5 Å². The van der Waals surface area contributed by atoms with Gasteiger partial charge in [0.15, 0.2) is 6.29 Å². The lowest BCUT2D eigenvalue weighted by atomic mass is 9.98. The summed E-state index contributed by atoms with van der Waals surface area (Å²) in [7, 11) is 1.59. The number of allylic oxidation sites excluding steroid dienone is 2. The Morgan fingerprint density at radius 3 is 2.68 bits per heavy atom. The molecule has 186 valence electrons. The van der Waals surface area contributed by atoms with Crippen LogP contribution in [0.2, 0.25) is 0 Å². The molecule has 1 unspecified atom stereocenters. The van der Waals surface area contributed by atoms with Gasteiger partial charge in [-0.2, -0.15) is 18.3 Å². The highest BCUT2D eigenvalue weighted by Gasteiger charge is 2.37. The number of nitrogens with zero attached hydrogens (tertiary/aromatic N) is 4. The Morgan fingerprint density at radius 1 is 1.38 bits per heavy atom. The highest BCUT2D eigenvalue weighted by Crippen LogP contribution is 2.37. The zero-order chi connectivity index (χ0) is 25.5. The van der Waals surface area contributed by atoms with Crippen LogP contribution >= 0.6 is 11.6 Å². The van der Waals surface area contributed by atoms with E-state index in [1.807, 2.05) is 13.8 Å². The van der Waals surface area contributed by atoms with E-state index in [0.717, 1.165) is 12.1 Å². The molecule has 1 aliphatic rings. The molecule has 2 heterocycles. The maximum Gasteiger partial charge on any atom is 0.416 e. The fraction of sp³-hybridized carbons (Fsp3) is 0.409. The highest BCUT2D eigenvalue weighted by atomic mass is 35.5. The Morgan fingerprint density at radius 2 is 2.09 bits per heavy atom. The van der Waals surface area contributed by atoms with Crippen molar-refractivity contribution in [3.8, 4) is 0 Å². The SMILES string of the molecule is CC.CN/N=C\C(=C(\Cl)C=O)N1CCc2c(ncn2C(CN)c2ccc(F)cc2C(F)(F)F)C1. The number of imidazole rings is 1. The van der Waals surface area contributed by atoms with Crippen molar-refractivity contribution in [1.82, 2.24) is 19.9 Å². The van der Waals surface area contributed by atoms with Gasteiger partial charge in [-0.25, -0.2) is 9.37 Å². The van der Waals surface area contributed by atoms with Crippen LogP contribution in [0.25, 0.3) is 0 Å². The quantitative estimate of drug-likeness (QED) is 0.197. The molecule has 1 aliphatic heterocycles. The number of carbonyl (C=O) groups is 1. The minimum atomic E-state index is -4.74. The van der Waals surface area contributed by atoms with Crippen molar-refractivity contribution < 1.29 is 22.4 Å². The predicted octanol–water partition coefficient (Wildman–Crippen LogP) is 3.83. The summed E-state index contributed by atoms with van der Waals surface area (Å²) in [6, 6.07) is 1.69. The van der Waals surface area contributed by atoms with Crippen molar-refractivity contribution in [3.05, 3.63) is 63.6 Å². The molecule has 0 aliphatic carbocycles. The lowest BCUT2D eigenvalue weighted by Crippen LogP contribution is -2.33. The zero-order valence-electron chi connectivity index (χ0n) is 19.0. The summed E-state index contributed by atoms with van der Waals surface area (Å²) >= 11 is 6.03. The first-order valence-corrected chi connectivity index (χ1v) is 11.0. The fourth-order valence-corrected chi connectivity index (χ4v) is 3.91. The summed E-state index contributed by atoms with van der Waals surface area (Å²) in [6.45, 7) is 4.54. The number of hydrogen-bond acceptors (Lipinski definition) is 6. The summed E-state index contributed by atoms with van der Waals surface area (Å²) in [6.07, 6.45) is -0.976. The third kappa shape index (κ3) is 5.95. The molecule has 34 heavy (non-hydrogen) atoms. The van der Waals surface area contributed by atoms with Crippen LogP contribution in [-0.2, 0) is 23.9 Å². The fourth-order valence-electron chi connectivity index (χ4n) is 3.74. The van der Waals surface area contributed by atoms with E-state index in [-0.39, 0.29) is 23.7 Å². The van der Waals surface area contributed by atoms with Gasteiger partial charge in [0, 0.05) is 32.3 Å². The first-order chi connectivity index (χ1) is 16.2. The third-order valence-electron chi connectivity index (χ3n) is 5.19. The van der Waals surface area contributed by atoms with Gasteiger partial charge >= 0.3 is 6.18 Å². The molecular formula is C22H27ClF4N6O. The molecule has 0 fully saturated rings. The van der Waals surface area contributed by atoms with Crippen molar-refractivity contribution in [2.75, 3.05) is 20.1 Å². The summed E-state index contributed by atoms with van der Waals surface area (Å²) in [4.78, 5) is 17.3. The zero-order valence-corrected chi connectivity index (χ0v) is 19.8. The number of rotatable bonds is 7. The van der Waals surface area contributed by atoms with Crippen LogP contribution in [-0.4, -0.2) is 47.1 Å². The molecule has 0 spiro atoms. The Balaban J connectivity index is 0.00000199. The minimum Gasteiger partial charge on any atom is -0.363 e. The maximum atomic E-state index is 13.6. The van der Waals surface area contributed by atoms with Gasteiger partial charge < -0.3 is 20.6 Å². The van der Waals surface area contributed by atoms with Gasteiger partial charge in [0.2, 0.25) is 0 Å². The van der Waals surface area contributed by atoms with E-state index in [4.69, 9.17) is 17.3 Å². The molecule has 3 rings (SSSR count). The lowest BCUT2D eigenvalue weighted by Gasteiger charge is -2.31. The molecular weight excluding hydrogens is 476 g/mol. The summed E-state index contributed by atoms with van der Waals surface area (Å²) in [5.41, 5.74) is 8.95. The van der Waals surface area contributed by atoms with Gasteiger partial charge in [0.05, 0.1) is 42.1 Å². The standard InChI is InChI=1S/C20H21ClF4N6O.C2H6/c1-27-29-8-19(15(21)10-32)30-5-4-17-16(9-30)28-11-31(17)18(7-26)13-3-2-12(22)6-14(13)20(23,24)25;1-2/h2-3,6,8,10-11,18,27H,4-5,7,9,26H2,1H3;1-2H3/b19-15-,29-8-;. The molecule has 1 aromatic heterocycles. The summed E-state index contributed by atoms with van der Waals surface area (Å²) < 4.78 is 55.8. The number of aromatic nitrogens is 2. The lowest BCUT2D eigenvalue weighted by molar-refractivity contribution is -0.138. The Bertz CT molecular complexity index is 1050. The normalized spacial score (nSPS) is 15.3. The van der Waals surface area contributed by atoms with Crippen LogP contribution in [0.4, 0.5) is 17.6 Å². The van der Waals surface area contributed by atoms with Gasteiger partial charge in [0.1, 0.15) is 10.8 Å². The van der Waals surface area contributed by atoms with Crippen LogP contribution in [0.15, 0.2) is 40.4 Å². The number of hydrazone groups is 1. The van der Waals surface area contributed by atoms with Crippen molar-refractivity contribution in [2.45, 2.75) is 39.0 Å². The Labute approximate surface area is 200 Å². The first-order valence-electron chi connectivity index (χ1n) is 10.6. The molecule has 12 heteroatoms. The van der Waals surface area contributed by atoms with Gasteiger partial charge in [-0.05, 0) is 17.7 Å². The van der Waals surface area contributed by atoms with Crippen molar-refractivity contribution in [3.63, 3.8) is 0 Å². The van der Waals surface area contributed by atoms with Crippen LogP contribution in [0.1, 0.15) is 42.4 Å². The van der Waals surface area contributed by atoms with E-state index in [1.165, 1.54) is 12.5 Å². The molecule has 1 atom stereocenters. The van der Waals surface area contributed by atoms with Gasteiger partial charge in [-0.3, -0.25) is 4.79 Å². The van der Waals surface area contributed by atoms with Crippen molar-refractivity contribution in [2.24, 2.45) is 10.8 Å². The molecule has 3 N–H and O–H groups in total. The number of alkyl halides is 3. The topological polar surface area (TPSA) is 88.5 Å². The molecule has 0 saturated heterocycles. The number of fused-ring (bicyclic) bond motifs is 1. The minimum absolute atomic E-state index is 0.0344. The molecule has 2 aromatic rings. The van der Waals surface area contributed by atoms with Crippen molar-refractivity contribution >= 4 is 24.1 Å². The third-order valence-corrected chi connectivity index (χ3v) is 5.47. The van der Waals surface area contributed by atoms with Crippen LogP contribution < -0.4 is 11.2 Å². The number of nitrogens with two attached hydrogens (primary N) is 1. The van der Waals surface area contributed by atoms with E-state index in [0.29, 0.717) is 42.4 Å². The van der Waals surface area contributed by atoms with E-state index in [2.05, 4.69) is 15.5 Å². The summed E-state index contributed by atoms with van der Waals surface area (Å²) in [5, 5.41) is 3.87. The smallest absolute Gasteiger partial charge is 0.363 e. The number of aldehydes is 1. The number of benzene rings is 1. The average Bonchev–Trinajstić information content (AvgIpc) is 3.24. The second kappa shape index (κ2) is 12.0. The molecule has 1 aromatic carbocycles. The molecule has 0 bridgehead atoms. The largest absolute Gasteiger partial charge is 0.416 e. The van der Waals surface area contributed by atoms with Crippen LogP contribution in [0.3, 0.4) is 0 Å². The van der Waals surface area contributed by atoms with E-state index in [9.17, 15) is 22.4 Å². The highest BCUT2D eigenvalue weighted by molar-refractivity contribution is 6.40. The number of hydrogen-bond donors (Lipinski definition) is 2. The number of nitrogens with one attached hydrogen (secondary N) is 1. The second-order valence-corrected chi connectivity index (χ2v) is 7.44. The number of halogens is 5. The first kappa shape index (κ1) is 27.3. The van der Waals surface area contributed by atoms with Crippen LogP contribution in [0.5, 0.6) is 0 Å². The molecule has 0 radical (unpaired) electrons. The number of carbonyl (C=O) groups excluding carboxylic acids is 1. The van der Waals surface area contributed by atoms with E-state index < -0.39 is 23.6 Å². The summed E-state index contributed by atoms with van der Waals surface area (Å²) in [5.74, 6) is -0.977. The monoisotopic (exact) mass is 502 g/mol. The average molecular weight is 503 g/mol. The van der Waals surface area contributed by atoms with Crippen LogP contribution in [0, 0.1) is 5.82 Å². The van der Waals surface area contributed by atoms with Gasteiger partial charge in [-0.15, -0.1) is 0 Å². The molecule has 7 nitrogen and oxygen atoms in total. The van der Waals surface area contributed by atoms with E-state index >= 15 is 0 Å². The Kier molecular flexibility index (Phi) is 9.63. The predicted molar refractivity (Wildman–Crippen MR) is 123 cm³/mol. The van der Waals surface area contributed by atoms with Gasteiger partial charge in [0.25, 0.3) is 0 Å². The van der Waals surface area contributed by atoms with Crippen molar-refractivity contribution in [1.29, 1.82) is 0 Å². The second-order valence-electron chi connectivity index (χ2n) is 7.03. The van der Waals surface area contributed by atoms with Gasteiger partial charge in [-0.1, -0.05) is 31.5 Å². The molecule has 0 saturated carbocycles. The molecule has 0 amide bonds.